The van der Waals surface area contributed by atoms with Crippen LogP contribution in [-0.4, -0.2) is 43.4 Å². The highest BCUT2D eigenvalue weighted by molar-refractivity contribution is 5.81. The van der Waals surface area contributed by atoms with Crippen LogP contribution in [0.2, 0.25) is 0 Å². The van der Waals surface area contributed by atoms with Crippen LogP contribution in [0.4, 0.5) is 0 Å². The minimum absolute atomic E-state index is 0.0701. The van der Waals surface area contributed by atoms with E-state index in [0.717, 1.165) is 55.7 Å². The van der Waals surface area contributed by atoms with Crippen LogP contribution in [0, 0.1) is 5.92 Å². The zero-order valence-electron chi connectivity index (χ0n) is 19.9. The summed E-state index contributed by atoms with van der Waals surface area (Å²) in [4.78, 5) is 7.36. The Morgan fingerprint density at radius 3 is 2.82 bits per heavy atom. The first kappa shape index (κ1) is 21.6. The first-order chi connectivity index (χ1) is 16.7. The number of rotatable bonds is 6. The Labute approximate surface area is 201 Å². The standard InChI is InChI=1S/C28H33N5O/c1-21-13-23(17-31(21)16-22-7-3-2-4-8-22)18-32-20-29-26-14-24(10-11-27(26)32)25-15-30-33(19-25)28-9-5-6-12-34-28/h2-4,7-8,10-11,14-15,19-21,23,28H,5-6,9,12-13,16-18H2,1H3. The number of fused-ring (bicyclic) bond motifs is 1. The smallest absolute Gasteiger partial charge is 0.150 e. The van der Waals surface area contributed by atoms with Gasteiger partial charge in [0, 0.05) is 44.0 Å². The maximum atomic E-state index is 5.88. The molecule has 6 nitrogen and oxygen atoms in total. The Kier molecular flexibility index (Phi) is 5.93. The Morgan fingerprint density at radius 2 is 1.97 bits per heavy atom. The third kappa shape index (κ3) is 4.40. The molecule has 3 atom stereocenters. The summed E-state index contributed by atoms with van der Waals surface area (Å²) in [5.74, 6) is 0.643. The van der Waals surface area contributed by atoms with Gasteiger partial charge in [-0.3, -0.25) is 4.90 Å². The molecular weight excluding hydrogens is 422 g/mol. The molecule has 2 saturated heterocycles. The van der Waals surface area contributed by atoms with Gasteiger partial charge >= 0.3 is 0 Å². The summed E-state index contributed by atoms with van der Waals surface area (Å²) in [6, 6.07) is 18.0. The summed E-state index contributed by atoms with van der Waals surface area (Å²) in [6.45, 7) is 6.37. The summed E-state index contributed by atoms with van der Waals surface area (Å²) in [7, 11) is 0. The molecule has 2 aromatic heterocycles. The lowest BCUT2D eigenvalue weighted by Crippen LogP contribution is -2.26. The number of hydrogen-bond donors (Lipinski definition) is 0. The molecule has 6 heteroatoms. The topological polar surface area (TPSA) is 48.1 Å². The van der Waals surface area contributed by atoms with E-state index in [1.807, 2.05) is 17.2 Å². The predicted octanol–water partition coefficient (Wildman–Crippen LogP) is 5.51. The molecule has 2 fully saturated rings. The molecular formula is C28H33N5O. The van der Waals surface area contributed by atoms with Crippen LogP contribution >= 0.6 is 0 Å². The van der Waals surface area contributed by atoms with Crippen molar-refractivity contribution in [2.24, 2.45) is 5.92 Å². The molecule has 2 aliphatic rings. The van der Waals surface area contributed by atoms with E-state index >= 15 is 0 Å². The second kappa shape index (κ2) is 9.35. The quantitative estimate of drug-likeness (QED) is 0.385. The van der Waals surface area contributed by atoms with E-state index in [-0.39, 0.29) is 6.23 Å². The number of likely N-dealkylation sites (tertiary alicyclic amines) is 1. The van der Waals surface area contributed by atoms with Crippen LogP contribution in [-0.2, 0) is 17.8 Å². The van der Waals surface area contributed by atoms with Gasteiger partial charge < -0.3 is 9.30 Å². The number of ether oxygens (including phenoxy) is 1. The maximum Gasteiger partial charge on any atom is 0.150 e. The van der Waals surface area contributed by atoms with Crippen molar-refractivity contribution in [2.75, 3.05) is 13.2 Å². The average Bonchev–Trinajstić information content (AvgIpc) is 3.60. The van der Waals surface area contributed by atoms with Gasteiger partial charge in [-0.15, -0.1) is 0 Å². The highest BCUT2D eigenvalue weighted by atomic mass is 16.5. The van der Waals surface area contributed by atoms with Gasteiger partial charge in [-0.25, -0.2) is 9.67 Å². The molecule has 2 aliphatic heterocycles. The first-order valence-electron chi connectivity index (χ1n) is 12.6. The molecule has 4 heterocycles. The number of nitrogens with zero attached hydrogens (tertiary/aromatic N) is 5. The normalized spacial score (nSPS) is 23.6. The highest BCUT2D eigenvalue weighted by Gasteiger charge is 2.29. The zero-order valence-corrected chi connectivity index (χ0v) is 19.9. The molecule has 3 unspecified atom stereocenters. The van der Waals surface area contributed by atoms with Gasteiger partial charge in [-0.1, -0.05) is 36.4 Å². The number of benzene rings is 2. The van der Waals surface area contributed by atoms with E-state index in [9.17, 15) is 0 Å². The minimum atomic E-state index is 0.0701. The van der Waals surface area contributed by atoms with Crippen LogP contribution in [0.15, 0.2) is 67.3 Å². The van der Waals surface area contributed by atoms with E-state index in [1.165, 1.54) is 23.9 Å². The summed E-state index contributed by atoms with van der Waals surface area (Å²) in [5, 5.41) is 4.58. The Balaban J connectivity index is 1.14. The van der Waals surface area contributed by atoms with Crippen molar-refractivity contribution in [1.29, 1.82) is 0 Å². The van der Waals surface area contributed by atoms with Crippen molar-refractivity contribution in [3.8, 4) is 11.1 Å². The van der Waals surface area contributed by atoms with Gasteiger partial charge in [-0.2, -0.15) is 5.10 Å². The van der Waals surface area contributed by atoms with E-state index in [0.29, 0.717) is 12.0 Å². The number of imidazole rings is 1. The lowest BCUT2D eigenvalue weighted by molar-refractivity contribution is -0.0394. The van der Waals surface area contributed by atoms with Crippen molar-refractivity contribution >= 4 is 11.0 Å². The van der Waals surface area contributed by atoms with Crippen LogP contribution in [0.3, 0.4) is 0 Å². The molecule has 6 rings (SSSR count). The first-order valence-corrected chi connectivity index (χ1v) is 12.6. The van der Waals surface area contributed by atoms with Gasteiger partial charge in [0.1, 0.15) is 6.23 Å². The molecule has 4 aromatic rings. The maximum absolute atomic E-state index is 5.88. The third-order valence-electron chi connectivity index (χ3n) is 7.48. The Morgan fingerprint density at radius 1 is 1.06 bits per heavy atom. The molecule has 0 spiro atoms. The van der Waals surface area contributed by atoms with Crippen molar-refractivity contribution in [1.82, 2.24) is 24.2 Å². The van der Waals surface area contributed by atoms with Crippen molar-refractivity contribution in [3.05, 3.63) is 72.8 Å². The van der Waals surface area contributed by atoms with Crippen LogP contribution < -0.4 is 0 Å². The fourth-order valence-corrected chi connectivity index (χ4v) is 5.63. The summed E-state index contributed by atoms with van der Waals surface area (Å²) in [6.07, 6.45) is 10.7. The molecule has 34 heavy (non-hydrogen) atoms. The fourth-order valence-electron chi connectivity index (χ4n) is 5.63. The van der Waals surface area contributed by atoms with Gasteiger partial charge in [0.15, 0.2) is 0 Å². The summed E-state index contributed by atoms with van der Waals surface area (Å²) < 4.78 is 10.2. The molecule has 176 valence electrons. The van der Waals surface area contributed by atoms with E-state index in [4.69, 9.17) is 9.72 Å². The molecule has 0 aliphatic carbocycles. The van der Waals surface area contributed by atoms with E-state index in [1.54, 1.807) is 0 Å². The third-order valence-corrected chi connectivity index (χ3v) is 7.48. The SMILES string of the molecule is CC1CC(Cn2cnc3cc(-c4cnn(C5CCCCO5)c4)ccc32)CN1Cc1ccccc1. The van der Waals surface area contributed by atoms with Gasteiger partial charge in [0.2, 0.25) is 0 Å². The second-order valence-electron chi connectivity index (χ2n) is 10.00. The van der Waals surface area contributed by atoms with E-state index in [2.05, 4.69) is 76.2 Å². The Bertz CT molecular complexity index is 1240. The summed E-state index contributed by atoms with van der Waals surface area (Å²) >= 11 is 0. The van der Waals surface area contributed by atoms with Gasteiger partial charge in [0.25, 0.3) is 0 Å². The van der Waals surface area contributed by atoms with Crippen LogP contribution in [0.1, 0.15) is 44.4 Å². The summed E-state index contributed by atoms with van der Waals surface area (Å²) in [5.41, 5.74) is 5.93. The fraction of sp³-hybridized carbons (Fsp3) is 0.429. The monoisotopic (exact) mass is 455 g/mol. The molecule has 0 radical (unpaired) electrons. The van der Waals surface area contributed by atoms with Crippen LogP contribution in [0.5, 0.6) is 0 Å². The molecule has 0 N–H and O–H groups in total. The lowest BCUT2D eigenvalue weighted by Gasteiger charge is -2.22. The number of aromatic nitrogens is 4. The van der Waals surface area contributed by atoms with Crippen molar-refractivity contribution in [2.45, 2.75) is 58.0 Å². The Hall–Kier alpha value is -2.96. The predicted molar refractivity (Wildman–Crippen MR) is 134 cm³/mol. The molecule has 0 bridgehead atoms. The molecule has 0 saturated carbocycles. The van der Waals surface area contributed by atoms with E-state index < -0.39 is 0 Å². The van der Waals surface area contributed by atoms with Gasteiger partial charge in [0.05, 0.1) is 23.6 Å². The molecule has 0 amide bonds. The molecule has 2 aromatic carbocycles. The van der Waals surface area contributed by atoms with Crippen molar-refractivity contribution in [3.63, 3.8) is 0 Å². The van der Waals surface area contributed by atoms with Crippen LogP contribution in [0.25, 0.3) is 22.2 Å². The largest absolute Gasteiger partial charge is 0.357 e. The van der Waals surface area contributed by atoms with Crippen molar-refractivity contribution < 1.29 is 4.74 Å². The average molecular weight is 456 g/mol. The minimum Gasteiger partial charge on any atom is -0.357 e. The zero-order chi connectivity index (χ0) is 22.9. The lowest BCUT2D eigenvalue weighted by atomic mass is 10.1. The highest BCUT2D eigenvalue weighted by Crippen LogP contribution is 2.30. The number of hydrogen-bond acceptors (Lipinski definition) is 4. The second-order valence-corrected chi connectivity index (χ2v) is 10.00. The van der Waals surface area contributed by atoms with Gasteiger partial charge in [-0.05, 0) is 61.8 Å².